The molecular formula is C41H52F3N5O7S. The Kier molecular flexibility index (Phi) is 10.8. The number of rotatable bonds is 6. The van der Waals surface area contributed by atoms with Gasteiger partial charge in [-0.15, -0.1) is 0 Å². The van der Waals surface area contributed by atoms with Crippen LogP contribution in [0.25, 0.3) is 10.9 Å². The summed E-state index contributed by atoms with van der Waals surface area (Å²) in [4.78, 5) is 62.5. The smallest absolute Gasteiger partial charge is 0.427 e. The fourth-order valence-corrected chi connectivity index (χ4v) is 9.37. The standard InChI is InChI=1S/C41H52F3N5O7S/c1-6-25-14-15-29-28(20-25)27-16-17-39(55-32(27)24(2)45-29)22-31-33(50)47-40(35(52)48-57(54)38(5)18-19-38)21-26(40)12-10-8-7-9-11-13-30(34(51)49(31)23-39)46-36(53)56-37(3,4)41(42,43)44/h10,12,14-15,20,26,30-31H,6-9,11,13,16-19,21-23H2,1-5H3,(H,46,53)(H,47,50)(H,48,52)/b12-10-/t26-,30+,31+,39-,40-,57-/m1/s1. The van der Waals surface area contributed by atoms with Gasteiger partial charge in [-0.2, -0.15) is 17.9 Å². The molecule has 4 heterocycles. The molecule has 2 aliphatic carbocycles. The maximum atomic E-state index is 14.7. The summed E-state index contributed by atoms with van der Waals surface area (Å²) < 4.78 is 68.0. The predicted octanol–water partition coefficient (Wildman–Crippen LogP) is 5.93. The molecule has 3 aliphatic heterocycles. The number of carbonyl (C=O) groups is 4. The highest BCUT2D eigenvalue weighted by Crippen LogP contribution is 2.49. The first-order valence-corrected chi connectivity index (χ1v) is 21.1. The number of aryl methyl sites for hydroxylation is 3. The molecule has 0 bridgehead atoms. The van der Waals surface area contributed by atoms with Crippen molar-refractivity contribution < 1.29 is 46.4 Å². The number of hydrogen-bond donors (Lipinski definition) is 3. The van der Waals surface area contributed by atoms with E-state index in [9.17, 15) is 36.9 Å². The second-order valence-electron chi connectivity index (χ2n) is 17.3. The first kappa shape index (κ1) is 41.1. The van der Waals surface area contributed by atoms with Crippen molar-refractivity contribution in [2.24, 2.45) is 5.92 Å². The highest BCUT2D eigenvalue weighted by atomic mass is 32.2. The fraction of sp³-hybridized carbons (Fsp3) is 0.634. The van der Waals surface area contributed by atoms with Gasteiger partial charge in [-0.3, -0.25) is 14.4 Å². The van der Waals surface area contributed by atoms with Gasteiger partial charge in [-0.25, -0.2) is 9.78 Å². The average molecular weight is 816 g/mol. The largest absolute Gasteiger partial charge is 0.593 e. The molecule has 5 aliphatic rings. The van der Waals surface area contributed by atoms with Crippen LogP contribution in [0.4, 0.5) is 18.0 Å². The van der Waals surface area contributed by atoms with E-state index in [0.29, 0.717) is 62.8 Å². The van der Waals surface area contributed by atoms with Gasteiger partial charge in [0.1, 0.15) is 33.7 Å². The summed E-state index contributed by atoms with van der Waals surface area (Å²) in [6.45, 7) is 7.13. The van der Waals surface area contributed by atoms with Crippen LogP contribution in [-0.4, -0.2) is 84.5 Å². The predicted molar refractivity (Wildman–Crippen MR) is 206 cm³/mol. The summed E-state index contributed by atoms with van der Waals surface area (Å²) in [6.07, 6.45) is 3.60. The van der Waals surface area contributed by atoms with Crippen molar-refractivity contribution in [3.8, 4) is 5.75 Å². The van der Waals surface area contributed by atoms with Crippen LogP contribution in [0, 0.1) is 12.8 Å². The van der Waals surface area contributed by atoms with Gasteiger partial charge in [0, 0.05) is 36.1 Å². The number of fused-ring (bicyclic) bond motifs is 5. The van der Waals surface area contributed by atoms with Gasteiger partial charge >= 0.3 is 12.3 Å². The van der Waals surface area contributed by atoms with Crippen molar-refractivity contribution in [2.75, 3.05) is 6.54 Å². The third-order valence-electron chi connectivity index (χ3n) is 12.5. The van der Waals surface area contributed by atoms with Gasteiger partial charge in [-0.1, -0.05) is 38.0 Å². The zero-order valence-corrected chi connectivity index (χ0v) is 33.9. The summed E-state index contributed by atoms with van der Waals surface area (Å²) in [5, 5.41) is 6.33. The van der Waals surface area contributed by atoms with E-state index >= 15 is 0 Å². The minimum Gasteiger partial charge on any atom is -0.593 e. The average Bonchev–Trinajstić information content (AvgIpc) is 4.04. The van der Waals surface area contributed by atoms with Gasteiger partial charge in [0.2, 0.25) is 17.4 Å². The van der Waals surface area contributed by atoms with Gasteiger partial charge < -0.3 is 29.6 Å². The number of allylic oxidation sites excluding steroid dienone is 1. The molecule has 16 heteroatoms. The van der Waals surface area contributed by atoms with Crippen LogP contribution >= 0.6 is 0 Å². The van der Waals surface area contributed by atoms with Gasteiger partial charge in [0.15, 0.2) is 0 Å². The molecule has 1 saturated heterocycles. The summed E-state index contributed by atoms with van der Waals surface area (Å²) in [7, 11) is 0. The number of amides is 4. The Hall–Kier alpha value is -4.05. The molecular weight excluding hydrogens is 764 g/mol. The van der Waals surface area contributed by atoms with E-state index in [2.05, 4.69) is 28.3 Å². The van der Waals surface area contributed by atoms with E-state index in [1.807, 2.05) is 38.1 Å². The van der Waals surface area contributed by atoms with Crippen molar-refractivity contribution in [3.05, 3.63) is 47.2 Å². The van der Waals surface area contributed by atoms with Crippen molar-refractivity contribution in [3.63, 3.8) is 0 Å². The maximum Gasteiger partial charge on any atom is 0.427 e. The molecule has 3 N–H and O–H groups in total. The number of pyridine rings is 1. The number of nitrogens with one attached hydrogen (secondary N) is 3. The zero-order valence-electron chi connectivity index (χ0n) is 33.1. The van der Waals surface area contributed by atoms with Crippen molar-refractivity contribution in [2.45, 2.75) is 151 Å². The third kappa shape index (κ3) is 8.04. The molecule has 0 radical (unpaired) electrons. The van der Waals surface area contributed by atoms with Crippen LogP contribution in [-0.2, 0) is 43.3 Å². The number of alkyl halides is 3. The number of hydrogen-bond acceptors (Lipinski definition) is 8. The molecule has 310 valence electrons. The second kappa shape index (κ2) is 15.0. The molecule has 1 aromatic carbocycles. The molecule has 4 amide bonds. The lowest BCUT2D eigenvalue weighted by Gasteiger charge is -2.37. The van der Waals surface area contributed by atoms with E-state index in [1.165, 1.54) is 4.90 Å². The number of carbonyl (C=O) groups excluding carboxylic acids is 4. The van der Waals surface area contributed by atoms with E-state index in [0.717, 1.165) is 42.3 Å². The molecule has 2 aromatic rings. The van der Waals surface area contributed by atoms with E-state index < -0.39 is 74.9 Å². The van der Waals surface area contributed by atoms with Crippen LogP contribution in [0.3, 0.4) is 0 Å². The Morgan fingerprint density at radius 3 is 2.60 bits per heavy atom. The van der Waals surface area contributed by atoms with Crippen LogP contribution in [0.2, 0.25) is 0 Å². The van der Waals surface area contributed by atoms with Crippen molar-refractivity contribution >= 4 is 46.1 Å². The molecule has 0 unspecified atom stereocenters. The highest BCUT2D eigenvalue weighted by Gasteiger charge is 2.64. The van der Waals surface area contributed by atoms with Crippen LogP contribution in [0.1, 0.15) is 109 Å². The Bertz CT molecular complexity index is 1990. The Labute approximate surface area is 333 Å². The van der Waals surface area contributed by atoms with Crippen LogP contribution in [0.5, 0.6) is 5.75 Å². The Morgan fingerprint density at radius 1 is 1.14 bits per heavy atom. The summed E-state index contributed by atoms with van der Waals surface area (Å²) >= 11 is -1.67. The minimum absolute atomic E-state index is 0.0387. The van der Waals surface area contributed by atoms with E-state index in [1.54, 1.807) is 0 Å². The number of nitrogens with zero attached hydrogens (tertiary/aromatic N) is 2. The third-order valence-corrected chi connectivity index (χ3v) is 14.2. The lowest BCUT2D eigenvalue weighted by atomic mass is 9.87. The van der Waals surface area contributed by atoms with Crippen molar-refractivity contribution in [1.82, 2.24) is 25.2 Å². The van der Waals surface area contributed by atoms with E-state index in [-0.39, 0.29) is 31.7 Å². The van der Waals surface area contributed by atoms with Gasteiger partial charge in [0.25, 0.3) is 5.91 Å². The maximum absolute atomic E-state index is 14.7. The normalized spacial score (nSPS) is 29.7. The summed E-state index contributed by atoms with van der Waals surface area (Å²) in [6, 6.07) is 3.63. The number of alkyl carbamates (subject to hydrolysis) is 1. The minimum atomic E-state index is -4.87. The van der Waals surface area contributed by atoms with Crippen molar-refractivity contribution in [1.29, 1.82) is 0 Å². The monoisotopic (exact) mass is 815 g/mol. The lowest BCUT2D eigenvalue weighted by Crippen LogP contribution is -2.59. The highest BCUT2D eigenvalue weighted by molar-refractivity contribution is 7.91. The molecule has 1 aromatic heterocycles. The molecule has 57 heavy (non-hydrogen) atoms. The van der Waals surface area contributed by atoms with Gasteiger partial charge in [-0.05, 0) is 90.3 Å². The number of halogens is 3. The molecule has 1 spiro atoms. The number of aromatic nitrogens is 1. The quantitative estimate of drug-likeness (QED) is 0.239. The van der Waals surface area contributed by atoms with Crippen LogP contribution in [0.15, 0.2) is 30.4 Å². The first-order valence-electron chi connectivity index (χ1n) is 20.0. The van der Waals surface area contributed by atoms with E-state index in [4.69, 9.17) is 14.5 Å². The Balaban J connectivity index is 1.22. The molecule has 12 nitrogen and oxygen atoms in total. The Morgan fingerprint density at radius 2 is 1.89 bits per heavy atom. The molecule has 2 saturated carbocycles. The summed E-state index contributed by atoms with van der Waals surface area (Å²) in [5.74, 6) is -1.66. The molecule has 3 fully saturated rings. The lowest BCUT2D eigenvalue weighted by molar-refractivity contribution is -0.244. The number of benzene rings is 1. The fourth-order valence-electron chi connectivity index (χ4n) is 8.30. The molecule has 7 rings (SSSR count). The molecule has 6 atom stereocenters. The number of ether oxygens (including phenoxy) is 2. The van der Waals surface area contributed by atoms with Gasteiger partial charge in [0.05, 0.1) is 29.1 Å². The zero-order chi connectivity index (χ0) is 41.1. The first-order chi connectivity index (χ1) is 26.8. The SMILES string of the molecule is CCc1ccc2nc(C)c3c(c2c1)CC[C@]1(C[C@H]2C(=O)N[C@]4(C(=O)N[S@+]([O-])C5(C)CC5)C[C@H]4/C=C\CCCCC[C@H](NC(=O)OC(C)(C)C(F)(F)F)C(=O)N2C1)O3. The topological polar surface area (TPSA) is 162 Å². The summed E-state index contributed by atoms with van der Waals surface area (Å²) in [5.41, 5.74) is -1.70. The second-order valence-corrected chi connectivity index (χ2v) is 19.0. The van der Waals surface area contributed by atoms with Crippen LogP contribution < -0.4 is 20.1 Å².